The van der Waals surface area contributed by atoms with Gasteiger partial charge in [0, 0.05) is 23.2 Å². The summed E-state index contributed by atoms with van der Waals surface area (Å²) in [5.74, 6) is -0.355. The van der Waals surface area contributed by atoms with Crippen LogP contribution in [-0.4, -0.2) is 6.04 Å². The molecule has 0 saturated carbocycles. The monoisotopic (exact) mass is 311 g/mol. The van der Waals surface area contributed by atoms with Crippen LogP contribution in [0, 0.1) is 5.82 Å². The van der Waals surface area contributed by atoms with E-state index in [2.05, 4.69) is 5.32 Å². The highest BCUT2D eigenvalue weighted by molar-refractivity contribution is 6.31. The minimum Gasteiger partial charge on any atom is -0.310 e. The van der Waals surface area contributed by atoms with Crippen molar-refractivity contribution in [3.8, 4) is 0 Å². The first kappa shape index (κ1) is 15.3. The van der Waals surface area contributed by atoms with E-state index in [4.69, 9.17) is 23.2 Å². The molecule has 0 fully saturated rings. The van der Waals surface area contributed by atoms with Gasteiger partial charge in [0.1, 0.15) is 5.82 Å². The number of rotatable bonds is 5. The summed E-state index contributed by atoms with van der Waals surface area (Å²) in [5, 5.41) is 4.20. The van der Waals surface area contributed by atoms with Gasteiger partial charge in [-0.2, -0.15) is 0 Å². The zero-order valence-corrected chi connectivity index (χ0v) is 12.7. The fourth-order valence-corrected chi connectivity index (χ4v) is 2.44. The van der Waals surface area contributed by atoms with Crippen LogP contribution in [0.25, 0.3) is 0 Å². The molecule has 1 unspecified atom stereocenters. The van der Waals surface area contributed by atoms with Crippen LogP contribution in [0.5, 0.6) is 0 Å². The van der Waals surface area contributed by atoms with Crippen LogP contribution in [-0.2, 0) is 13.0 Å². The molecular formula is C16H16Cl2FN. The first-order chi connectivity index (χ1) is 9.58. The van der Waals surface area contributed by atoms with Crippen LogP contribution in [0.15, 0.2) is 42.5 Å². The molecule has 0 aliphatic heterocycles. The van der Waals surface area contributed by atoms with Crippen LogP contribution in [0.1, 0.15) is 18.1 Å². The van der Waals surface area contributed by atoms with Crippen LogP contribution in [0.4, 0.5) is 4.39 Å². The predicted molar refractivity (Wildman–Crippen MR) is 82.9 cm³/mol. The lowest BCUT2D eigenvalue weighted by atomic mass is 10.1. The summed E-state index contributed by atoms with van der Waals surface area (Å²) in [6.07, 6.45) is 0.794. The Morgan fingerprint density at radius 1 is 1.00 bits per heavy atom. The summed E-state index contributed by atoms with van der Waals surface area (Å²) in [6, 6.07) is 13.0. The van der Waals surface area contributed by atoms with Crippen molar-refractivity contribution >= 4 is 23.2 Å². The second-order valence-corrected chi connectivity index (χ2v) is 5.60. The van der Waals surface area contributed by atoms with Gasteiger partial charge in [-0.15, -0.1) is 0 Å². The van der Waals surface area contributed by atoms with E-state index in [0.29, 0.717) is 12.1 Å². The van der Waals surface area contributed by atoms with Crippen LogP contribution < -0.4 is 5.32 Å². The topological polar surface area (TPSA) is 12.0 Å². The van der Waals surface area contributed by atoms with E-state index in [9.17, 15) is 4.39 Å². The molecule has 0 radical (unpaired) electrons. The van der Waals surface area contributed by atoms with Crippen molar-refractivity contribution in [2.75, 3.05) is 0 Å². The Morgan fingerprint density at radius 3 is 2.40 bits per heavy atom. The highest BCUT2D eigenvalue weighted by Crippen LogP contribution is 2.19. The third-order valence-corrected chi connectivity index (χ3v) is 3.82. The summed E-state index contributed by atoms with van der Waals surface area (Å²) >= 11 is 11.9. The second-order valence-electron chi connectivity index (χ2n) is 4.79. The number of benzene rings is 2. The van der Waals surface area contributed by atoms with Crippen LogP contribution in [0.2, 0.25) is 10.0 Å². The molecule has 0 saturated heterocycles. The predicted octanol–water partition coefficient (Wildman–Crippen LogP) is 4.85. The van der Waals surface area contributed by atoms with Gasteiger partial charge in [-0.1, -0.05) is 53.5 Å². The number of hydrogen-bond acceptors (Lipinski definition) is 1. The summed E-state index contributed by atoms with van der Waals surface area (Å²) in [4.78, 5) is 0. The van der Waals surface area contributed by atoms with E-state index in [1.807, 2.05) is 31.2 Å². The lowest BCUT2D eigenvalue weighted by molar-refractivity contribution is 0.525. The van der Waals surface area contributed by atoms with Crippen LogP contribution in [0.3, 0.4) is 0 Å². The lowest BCUT2D eigenvalue weighted by Crippen LogP contribution is -2.28. The lowest BCUT2D eigenvalue weighted by Gasteiger charge is -2.15. The molecule has 0 heterocycles. The molecule has 2 rings (SSSR count). The maximum Gasteiger partial charge on any atom is 0.146 e. The van der Waals surface area contributed by atoms with Gasteiger partial charge in [0.2, 0.25) is 0 Å². The van der Waals surface area contributed by atoms with E-state index in [-0.39, 0.29) is 16.9 Å². The number of halogens is 3. The minimum absolute atomic E-state index is 0.156. The van der Waals surface area contributed by atoms with Crippen molar-refractivity contribution in [2.24, 2.45) is 0 Å². The first-order valence-corrected chi connectivity index (χ1v) is 7.23. The molecule has 1 nitrogen and oxygen atoms in total. The second kappa shape index (κ2) is 7.07. The van der Waals surface area contributed by atoms with Gasteiger partial charge in [0.15, 0.2) is 0 Å². The van der Waals surface area contributed by atoms with Gasteiger partial charge >= 0.3 is 0 Å². The highest BCUT2D eigenvalue weighted by atomic mass is 35.5. The van der Waals surface area contributed by atoms with Crippen LogP contribution >= 0.6 is 23.2 Å². The van der Waals surface area contributed by atoms with Gasteiger partial charge in [0.05, 0.1) is 5.02 Å². The van der Waals surface area contributed by atoms with E-state index in [0.717, 1.165) is 17.0 Å². The van der Waals surface area contributed by atoms with Gasteiger partial charge in [-0.3, -0.25) is 0 Å². The zero-order chi connectivity index (χ0) is 14.5. The maximum atomic E-state index is 13.8. The fraction of sp³-hybridized carbons (Fsp3) is 0.250. The molecule has 2 aromatic carbocycles. The van der Waals surface area contributed by atoms with Crippen molar-refractivity contribution < 1.29 is 4.39 Å². The molecule has 1 atom stereocenters. The molecule has 0 amide bonds. The van der Waals surface area contributed by atoms with Gasteiger partial charge in [-0.05, 0) is 31.0 Å². The SMILES string of the molecule is CC(Cc1ccccc1Cl)NCc1cccc(Cl)c1F. The molecule has 0 spiro atoms. The Bertz CT molecular complexity index is 586. The molecule has 2 aromatic rings. The largest absolute Gasteiger partial charge is 0.310 e. The van der Waals surface area contributed by atoms with E-state index >= 15 is 0 Å². The Morgan fingerprint density at radius 2 is 1.65 bits per heavy atom. The van der Waals surface area contributed by atoms with Gasteiger partial charge in [-0.25, -0.2) is 4.39 Å². The average molecular weight is 312 g/mol. The quantitative estimate of drug-likeness (QED) is 0.832. The normalized spacial score (nSPS) is 12.4. The standard InChI is InChI=1S/C16H16Cl2FN/c1-11(9-12-5-2-3-7-14(12)17)20-10-13-6-4-8-15(18)16(13)19/h2-8,11,20H,9-10H2,1H3. The summed E-state index contributed by atoms with van der Waals surface area (Å²) in [7, 11) is 0. The molecule has 0 aliphatic carbocycles. The summed E-state index contributed by atoms with van der Waals surface area (Å²) < 4.78 is 13.8. The third kappa shape index (κ3) is 3.95. The van der Waals surface area contributed by atoms with Crippen molar-refractivity contribution in [2.45, 2.75) is 25.9 Å². The zero-order valence-electron chi connectivity index (χ0n) is 11.2. The summed E-state index contributed by atoms with van der Waals surface area (Å²) in [5.41, 5.74) is 1.66. The first-order valence-electron chi connectivity index (χ1n) is 6.47. The van der Waals surface area contributed by atoms with Crippen molar-refractivity contribution in [1.82, 2.24) is 5.32 Å². The molecular weight excluding hydrogens is 296 g/mol. The molecule has 20 heavy (non-hydrogen) atoms. The molecule has 0 bridgehead atoms. The number of nitrogens with one attached hydrogen (secondary N) is 1. The van der Waals surface area contributed by atoms with Gasteiger partial charge < -0.3 is 5.32 Å². The van der Waals surface area contributed by atoms with Crippen molar-refractivity contribution in [1.29, 1.82) is 0 Å². The number of hydrogen-bond donors (Lipinski definition) is 1. The maximum absolute atomic E-state index is 13.8. The Kier molecular flexibility index (Phi) is 5.41. The Balaban J connectivity index is 1.94. The fourth-order valence-electron chi connectivity index (χ4n) is 2.04. The third-order valence-electron chi connectivity index (χ3n) is 3.16. The average Bonchev–Trinajstić information content (AvgIpc) is 2.43. The van der Waals surface area contributed by atoms with E-state index in [1.165, 1.54) is 0 Å². The van der Waals surface area contributed by atoms with Crippen molar-refractivity contribution in [3.05, 3.63) is 69.5 Å². The Labute approximate surface area is 128 Å². The molecule has 1 N–H and O–H groups in total. The van der Waals surface area contributed by atoms with E-state index < -0.39 is 0 Å². The molecule has 4 heteroatoms. The summed E-state index contributed by atoms with van der Waals surface area (Å²) in [6.45, 7) is 2.49. The molecule has 106 valence electrons. The van der Waals surface area contributed by atoms with Gasteiger partial charge in [0.25, 0.3) is 0 Å². The minimum atomic E-state index is -0.355. The van der Waals surface area contributed by atoms with Crippen molar-refractivity contribution in [3.63, 3.8) is 0 Å². The van der Waals surface area contributed by atoms with E-state index in [1.54, 1.807) is 18.2 Å². The highest BCUT2D eigenvalue weighted by Gasteiger charge is 2.09. The smallest absolute Gasteiger partial charge is 0.146 e. The molecule has 0 aromatic heterocycles. The Hall–Kier alpha value is -1.09. The molecule has 0 aliphatic rings.